The Balaban J connectivity index is 1.69. The number of aromatic nitrogens is 1. The van der Waals surface area contributed by atoms with Gasteiger partial charge in [0.05, 0.1) is 7.11 Å². The highest BCUT2D eigenvalue weighted by Gasteiger charge is 2.21. The minimum absolute atomic E-state index is 0.489. The van der Waals surface area contributed by atoms with Crippen LogP contribution in [0.15, 0.2) is 36.4 Å². The number of nitrogens with zero attached hydrogens (tertiary/aromatic N) is 3. The van der Waals surface area contributed by atoms with Crippen LogP contribution in [0.4, 0.5) is 5.82 Å². The van der Waals surface area contributed by atoms with E-state index in [9.17, 15) is 0 Å². The number of hydrogen-bond acceptors (Lipinski definition) is 5. The molecule has 5 nitrogen and oxygen atoms in total. The van der Waals surface area contributed by atoms with Gasteiger partial charge in [0.1, 0.15) is 11.6 Å². The number of ether oxygens (including phenoxy) is 2. The molecule has 1 aromatic carbocycles. The van der Waals surface area contributed by atoms with E-state index in [1.807, 2.05) is 12.1 Å². The van der Waals surface area contributed by atoms with Crippen LogP contribution in [-0.4, -0.2) is 63.4 Å². The molecule has 0 spiro atoms. The van der Waals surface area contributed by atoms with Gasteiger partial charge in [-0.25, -0.2) is 4.98 Å². The summed E-state index contributed by atoms with van der Waals surface area (Å²) in [6.45, 7) is 5.90. The third kappa shape index (κ3) is 4.25. The second-order valence-electron chi connectivity index (χ2n) is 7.54. The van der Waals surface area contributed by atoms with Crippen molar-refractivity contribution < 1.29 is 9.47 Å². The molecule has 0 atom stereocenters. The first-order chi connectivity index (χ1) is 13.2. The Hall–Kier alpha value is -2.11. The van der Waals surface area contributed by atoms with E-state index >= 15 is 0 Å². The van der Waals surface area contributed by atoms with Crippen molar-refractivity contribution in [2.24, 2.45) is 0 Å². The lowest BCUT2D eigenvalue weighted by molar-refractivity contribution is 0.0845. The van der Waals surface area contributed by atoms with Crippen molar-refractivity contribution in [3.05, 3.63) is 42.1 Å². The molecular formula is C22H29N3O2. The lowest BCUT2D eigenvalue weighted by atomic mass is 9.93. The third-order valence-corrected chi connectivity index (χ3v) is 5.72. The molecule has 2 fully saturated rings. The predicted octanol–water partition coefficient (Wildman–Crippen LogP) is 3.40. The van der Waals surface area contributed by atoms with Crippen molar-refractivity contribution in [2.45, 2.75) is 18.8 Å². The van der Waals surface area contributed by atoms with Crippen molar-refractivity contribution in [2.75, 3.05) is 58.5 Å². The van der Waals surface area contributed by atoms with Crippen LogP contribution < -0.4 is 9.64 Å². The summed E-state index contributed by atoms with van der Waals surface area (Å²) in [5, 5.41) is 0. The van der Waals surface area contributed by atoms with Crippen LogP contribution in [0.1, 0.15) is 24.5 Å². The van der Waals surface area contributed by atoms with Crippen molar-refractivity contribution in [3.8, 4) is 16.9 Å². The molecule has 4 rings (SSSR count). The number of pyridine rings is 1. The fourth-order valence-corrected chi connectivity index (χ4v) is 3.89. The van der Waals surface area contributed by atoms with Crippen LogP contribution in [0, 0.1) is 0 Å². The summed E-state index contributed by atoms with van der Waals surface area (Å²) in [5.74, 6) is 2.48. The Labute approximate surface area is 161 Å². The number of benzene rings is 1. The van der Waals surface area contributed by atoms with Gasteiger partial charge in [0.2, 0.25) is 0 Å². The van der Waals surface area contributed by atoms with E-state index in [4.69, 9.17) is 14.5 Å². The summed E-state index contributed by atoms with van der Waals surface area (Å²) in [6, 6.07) is 12.8. The first-order valence-electron chi connectivity index (χ1n) is 9.90. The molecule has 0 saturated carbocycles. The predicted molar refractivity (Wildman–Crippen MR) is 109 cm³/mol. The normalized spacial score (nSPS) is 19.3. The molecular weight excluding hydrogens is 338 g/mol. The topological polar surface area (TPSA) is 37.8 Å². The minimum Gasteiger partial charge on any atom is -0.497 e. The van der Waals surface area contributed by atoms with Gasteiger partial charge in [-0.1, -0.05) is 12.1 Å². The Morgan fingerprint density at radius 3 is 2.33 bits per heavy atom. The second kappa shape index (κ2) is 8.28. The summed E-state index contributed by atoms with van der Waals surface area (Å²) in [5.41, 5.74) is 3.66. The third-order valence-electron chi connectivity index (χ3n) is 5.72. The molecule has 0 amide bonds. The maximum Gasteiger partial charge on any atom is 0.129 e. The van der Waals surface area contributed by atoms with E-state index in [-0.39, 0.29) is 0 Å². The first-order valence-corrected chi connectivity index (χ1v) is 9.90. The molecule has 144 valence electrons. The average Bonchev–Trinajstić information content (AvgIpc) is 2.74. The molecule has 2 saturated heterocycles. The zero-order valence-corrected chi connectivity index (χ0v) is 16.4. The van der Waals surface area contributed by atoms with Gasteiger partial charge < -0.3 is 19.3 Å². The molecule has 27 heavy (non-hydrogen) atoms. The maximum absolute atomic E-state index is 5.56. The minimum atomic E-state index is 0.489. The van der Waals surface area contributed by atoms with E-state index in [1.165, 1.54) is 16.8 Å². The van der Waals surface area contributed by atoms with Gasteiger partial charge in [-0.05, 0) is 55.3 Å². The van der Waals surface area contributed by atoms with E-state index in [0.29, 0.717) is 5.92 Å². The molecule has 0 N–H and O–H groups in total. The number of rotatable bonds is 4. The Kier molecular flexibility index (Phi) is 5.60. The highest BCUT2D eigenvalue weighted by molar-refractivity contribution is 5.68. The summed E-state index contributed by atoms with van der Waals surface area (Å²) in [4.78, 5) is 9.90. The van der Waals surface area contributed by atoms with Crippen molar-refractivity contribution in [1.29, 1.82) is 0 Å². The van der Waals surface area contributed by atoms with Gasteiger partial charge in [-0.2, -0.15) is 0 Å². The number of piperazine rings is 1. The highest BCUT2D eigenvalue weighted by Crippen LogP contribution is 2.32. The largest absolute Gasteiger partial charge is 0.497 e. The molecule has 5 heteroatoms. The Morgan fingerprint density at radius 2 is 1.67 bits per heavy atom. The lowest BCUT2D eigenvalue weighted by Gasteiger charge is -2.34. The van der Waals surface area contributed by atoms with E-state index in [2.05, 4.69) is 41.1 Å². The molecule has 2 aliphatic heterocycles. The molecule has 2 aromatic rings. The van der Waals surface area contributed by atoms with Gasteiger partial charge in [-0.15, -0.1) is 0 Å². The van der Waals surface area contributed by atoms with Crippen LogP contribution in [0.25, 0.3) is 11.1 Å². The lowest BCUT2D eigenvalue weighted by Crippen LogP contribution is -2.44. The Morgan fingerprint density at radius 1 is 0.963 bits per heavy atom. The van der Waals surface area contributed by atoms with Gasteiger partial charge in [-0.3, -0.25) is 0 Å². The summed E-state index contributed by atoms with van der Waals surface area (Å²) in [7, 11) is 3.89. The summed E-state index contributed by atoms with van der Waals surface area (Å²) >= 11 is 0. The maximum atomic E-state index is 5.56. The molecule has 1 aromatic heterocycles. The van der Waals surface area contributed by atoms with Crippen LogP contribution >= 0.6 is 0 Å². The summed E-state index contributed by atoms with van der Waals surface area (Å²) < 4.78 is 10.9. The van der Waals surface area contributed by atoms with E-state index in [1.54, 1.807) is 7.11 Å². The van der Waals surface area contributed by atoms with Crippen LogP contribution in [-0.2, 0) is 4.74 Å². The number of likely N-dealkylation sites (N-methyl/N-ethyl adjacent to an activating group) is 1. The highest BCUT2D eigenvalue weighted by atomic mass is 16.5. The second-order valence-corrected chi connectivity index (χ2v) is 7.54. The van der Waals surface area contributed by atoms with Crippen molar-refractivity contribution >= 4 is 5.82 Å². The number of hydrogen-bond donors (Lipinski definition) is 0. The zero-order valence-electron chi connectivity index (χ0n) is 16.4. The Bertz CT molecular complexity index is 749. The van der Waals surface area contributed by atoms with Gasteiger partial charge in [0.15, 0.2) is 0 Å². The monoisotopic (exact) mass is 367 g/mol. The molecule has 0 aliphatic carbocycles. The number of methoxy groups -OCH3 is 1. The van der Waals surface area contributed by atoms with E-state index in [0.717, 1.165) is 63.8 Å². The van der Waals surface area contributed by atoms with Crippen LogP contribution in [0.2, 0.25) is 0 Å². The zero-order chi connectivity index (χ0) is 18.6. The van der Waals surface area contributed by atoms with Gasteiger partial charge in [0.25, 0.3) is 0 Å². The van der Waals surface area contributed by atoms with Gasteiger partial charge >= 0.3 is 0 Å². The average molecular weight is 367 g/mol. The first kappa shape index (κ1) is 18.3. The van der Waals surface area contributed by atoms with Crippen LogP contribution in [0.3, 0.4) is 0 Å². The number of anilines is 1. The van der Waals surface area contributed by atoms with Crippen molar-refractivity contribution in [3.63, 3.8) is 0 Å². The molecule has 0 radical (unpaired) electrons. The SMILES string of the molecule is COc1ccc(-c2cc(C3CCOCC3)nc(N3CCN(C)CC3)c2)cc1. The van der Waals surface area contributed by atoms with Crippen molar-refractivity contribution in [1.82, 2.24) is 9.88 Å². The molecule has 2 aliphatic rings. The van der Waals surface area contributed by atoms with Gasteiger partial charge in [0, 0.05) is 51.0 Å². The summed E-state index contributed by atoms with van der Waals surface area (Å²) in [6.07, 6.45) is 2.11. The molecule has 3 heterocycles. The smallest absolute Gasteiger partial charge is 0.129 e. The standard InChI is InChI=1S/C22H29N3O2/c1-24-9-11-25(12-10-24)22-16-19(17-3-5-20(26-2)6-4-17)15-21(23-22)18-7-13-27-14-8-18/h3-6,15-16,18H,7-14H2,1-2H3. The fraction of sp³-hybridized carbons (Fsp3) is 0.500. The van der Waals surface area contributed by atoms with Crippen LogP contribution in [0.5, 0.6) is 5.75 Å². The molecule has 0 bridgehead atoms. The fourth-order valence-electron chi connectivity index (χ4n) is 3.89. The quantitative estimate of drug-likeness (QED) is 0.828. The molecule has 0 unspecified atom stereocenters. The van der Waals surface area contributed by atoms with E-state index < -0.39 is 0 Å².